The third kappa shape index (κ3) is 7.23. The Hall–Kier alpha value is -2.41. The Morgan fingerprint density at radius 3 is 2.46 bits per heavy atom. The highest BCUT2D eigenvalue weighted by molar-refractivity contribution is 5.97. The Morgan fingerprint density at radius 1 is 1.19 bits per heavy atom. The first kappa shape index (κ1) is 21.6. The van der Waals surface area contributed by atoms with Crippen molar-refractivity contribution in [3.63, 3.8) is 0 Å². The minimum atomic E-state index is -0.415. The Kier molecular flexibility index (Phi) is 8.78. The number of carbonyl (C=O) groups is 3. The number of nitrogens with zero attached hydrogens (tertiary/aromatic N) is 2. The van der Waals surface area contributed by atoms with Gasteiger partial charge >= 0.3 is 5.97 Å². The molecule has 0 fully saturated rings. The largest absolute Gasteiger partial charge is 0.469 e. The summed E-state index contributed by atoms with van der Waals surface area (Å²) in [6.07, 6.45) is 0.790. The highest BCUT2D eigenvalue weighted by Crippen LogP contribution is 2.15. The van der Waals surface area contributed by atoms with Crippen molar-refractivity contribution in [3.05, 3.63) is 29.8 Å². The second-order valence-electron chi connectivity index (χ2n) is 6.59. The fourth-order valence-electron chi connectivity index (χ4n) is 2.58. The van der Waals surface area contributed by atoms with Crippen LogP contribution in [0.15, 0.2) is 24.3 Å². The van der Waals surface area contributed by atoms with Crippen molar-refractivity contribution in [2.24, 2.45) is 5.92 Å². The Balaban J connectivity index is 2.94. The lowest BCUT2D eigenvalue weighted by atomic mass is 10.1. The fraction of sp³-hybridized carbons (Fsp3) is 0.526. The molecule has 0 aliphatic rings. The molecule has 2 amide bonds. The molecule has 0 saturated heterocycles. The van der Waals surface area contributed by atoms with Crippen molar-refractivity contribution in [1.82, 2.24) is 9.80 Å². The fourth-order valence-corrected chi connectivity index (χ4v) is 2.58. The van der Waals surface area contributed by atoms with Crippen molar-refractivity contribution in [3.8, 4) is 0 Å². The van der Waals surface area contributed by atoms with Gasteiger partial charge in [-0.05, 0) is 45.3 Å². The zero-order valence-electron chi connectivity index (χ0n) is 16.2. The van der Waals surface area contributed by atoms with Crippen LogP contribution in [0.1, 0.15) is 30.6 Å². The van der Waals surface area contributed by atoms with Crippen LogP contribution in [0.2, 0.25) is 0 Å². The van der Waals surface area contributed by atoms with E-state index in [-0.39, 0.29) is 24.3 Å². The molecule has 26 heavy (non-hydrogen) atoms. The number of hydrogen-bond acceptors (Lipinski definition) is 5. The molecular weight excluding hydrogens is 334 g/mol. The molecule has 0 spiro atoms. The summed E-state index contributed by atoms with van der Waals surface area (Å²) in [6, 6.07) is 6.80. The maximum atomic E-state index is 13.0. The van der Waals surface area contributed by atoms with Crippen molar-refractivity contribution in [2.45, 2.75) is 20.3 Å². The molecule has 0 aliphatic heterocycles. The number of amides is 2. The molecule has 144 valence electrons. The van der Waals surface area contributed by atoms with Gasteiger partial charge in [-0.15, -0.1) is 0 Å². The number of benzene rings is 1. The maximum absolute atomic E-state index is 13.0. The third-order valence-corrected chi connectivity index (χ3v) is 3.85. The van der Waals surface area contributed by atoms with Gasteiger partial charge < -0.3 is 19.9 Å². The Bertz CT molecular complexity index is 631. The molecule has 0 radical (unpaired) electrons. The first-order valence-electron chi connectivity index (χ1n) is 8.64. The van der Waals surface area contributed by atoms with Gasteiger partial charge in [0, 0.05) is 31.3 Å². The van der Waals surface area contributed by atoms with E-state index in [1.807, 2.05) is 19.0 Å². The minimum absolute atomic E-state index is 0.174. The average molecular weight is 363 g/mol. The number of rotatable bonds is 9. The molecule has 1 aromatic rings. The van der Waals surface area contributed by atoms with Crippen LogP contribution in [-0.2, 0) is 14.3 Å². The summed E-state index contributed by atoms with van der Waals surface area (Å²) >= 11 is 0. The molecule has 7 heteroatoms. The van der Waals surface area contributed by atoms with Gasteiger partial charge in [-0.1, -0.05) is 13.0 Å². The zero-order chi connectivity index (χ0) is 19.7. The first-order chi connectivity index (χ1) is 12.2. The summed E-state index contributed by atoms with van der Waals surface area (Å²) in [4.78, 5) is 39.6. The highest BCUT2D eigenvalue weighted by atomic mass is 16.5. The number of nitrogens with one attached hydrogen (secondary N) is 1. The number of hydrogen-bond donors (Lipinski definition) is 1. The number of anilines is 1. The summed E-state index contributed by atoms with van der Waals surface area (Å²) in [5.41, 5.74) is 1.04. The van der Waals surface area contributed by atoms with Gasteiger partial charge in [0.25, 0.3) is 5.91 Å². The van der Waals surface area contributed by atoms with Crippen molar-refractivity contribution in [2.75, 3.05) is 46.2 Å². The number of ether oxygens (including phenoxy) is 1. The maximum Gasteiger partial charge on any atom is 0.310 e. The van der Waals surface area contributed by atoms with Crippen LogP contribution in [0.5, 0.6) is 0 Å². The average Bonchev–Trinajstić information content (AvgIpc) is 2.58. The summed E-state index contributed by atoms with van der Waals surface area (Å²) in [7, 11) is 5.29. The van der Waals surface area contributed by atoms with Crippen molar-refractivity contribution < 1.29 is 19.1 Å². The smallest absolute Gasteiger partial charge is 0.310 e. The standard InChI is InChI=1S/C19H29N3O4/c1-14(19(25)26-5)13-22(11-7-10-21(3)4)18(24)16-8-6-9-17(12-16)20-15(2)23/h6,8-9,12,14H,7,10-11,13H2,1-5H3,(H,20,23). The molecule has 1 aromatic carbocycles. The number of methoxy groups -OCH3 is 1. The van der Waals surface area contributed by atoms with Crippen LogP contribution in [-0.4, -0.2) is 68.4 Å². The second-order valence-corrected chi connectivity index (χ2v) is 6.59. The number of esters is 1. The SMILES string of the molecule is COC(=O)C(C)CN(CCCN(C)C)C(=O)c1cccc(NC(C)=O)c1. The van der Waals surface area contributed by atoms with E-state index >= 15 is 0 Å². The van der Waals surface area contributed by atoms with Crippen LogP contribution in [0, 0.1) is 5.92 Å². The normalized spacial score (nSPS) is 11.8. The van der Waals surface area contributed by atoms with E-state index in [0.717, 1.165) is 13.0 Å². The highest BCUT2D eigenvalue weighted by Gasteiger charge is 2.22. The number of carbonyl (C=O) groups excluding carboxylic acids is 3. The third-order valence-electron chi connectivity index (χ3n) is 3.85. The van der Waals surface area contributed by atoms with Crippen LogP contribution in [0.4, 0.5) is 5.69 Å². The second kappa shape index (κ2) is 10.6. The van der Waals surface area contributed by atoms with Gasteiger partial charge in [-0.2, -0.15) is 0 Å². The van der Waals surface area contributed by atoms with E-state index < -0.39 is 5.92 Å². The van der Waals surface area contributed by atoms with E-state index in [9.17, 15) is 14.4 Å². The minimum Gasteiger partial charge on any atom is -0.469 e. The predicted molar refractivity (Wildman–Crippen MR) is 101 cm³/mol. The molecule has 0 aliphatic carbocycles. The molecule has 0 aromatic heterocycles. The quantitative estimate of drug-likeness (QED) is 0.678. The molecule has 0 heterocycles. The lowest BCUT2D eigenvalue weighted by molar-refractivity contribution is -0.145. The Labute approximate surface area is 155 Å². The van der Waals surface area contributed by atoms with Gasteiger partial charge in [-0.25, -0.2) is 0 Å². The van der Waals surface area contributed by atoms with Crippen LogP contribution in [0.25, 0.3) is 0 Å². The van der Waals surface area contributed by atoms with E-state index in [2.05, 4.69) is 5.32 Å². The van der Waals surface area contributed by atoms with Gasteiger partial charge in [0.15, 0.2) is 0 Å². The molecule has 1 unspecified atom stereocenters. The van der Waals surface area contributed by atoms with E-state index in [1.54, 1.807) is 36.1 Å². The lowest BCUT2D eigenvalue weighted by Crippen LogP contribution is -2.38. The summed E-state index contributed by atoms with van der Waals surface area (Å²) in [5, 5.41) is 2.67. The monoisotopic (exact) mass is 363 g/mol. The summed E-state index contributed by atoms with van der Waals surface area (Å²) in [6.45, 7) is 4.81. The topological polar surface area (TPSA) is 79.0 Å². The van der Waals surface area contributed by atoms with E-state index in [4.69, 9.17) is 4.74 Å². The zero-order valence-corrected chi connectivity index (χ0v) is 16.2. The predicted octanol–water partition coefficient (Wildman–Crippen LogP) is 1.85. The van der Waals surface area contributed by atoms with Gasteiger partial charge in [0.2, 0.25) is 5.91 Å². The van der Waals surface area contributed by atoms with E-state index in [1.165, 1.54) is 14.0 Å². The Morgan fingerprint density at radius 2 is 1.88 bits per heavy atom. The molecular formula is C19H29N3O4. The molecule has 7 nitrogen and oxygen atoms in total. The molecule has 1 rings (SSSR count). The van der Waals surface area contributed by atoms with Gasteiger partial charge in [-0.3, -0.25) is 14.4 Å². The lowest BCUT2D eigenvalue weighted by Gasteiger charge is -2.26. The molecule has 1 N–H and O–H groups in total. The first-order valence-corrected chi connectivity index (χ1v) is 8.64. The van der Waals surface area contributed by atoms with E-state index in [0.29, 0.717) is 17.8 Å². The van der Waals surface area contributed by atoms with Crippen LogP contribution < -0.4 is 5.32 Å². The molecule has 1 atom stereocenters. The molecule has 0 bridgehead atoms. The molecule has 0 saturated carbocycles. The summed E-state index contributed by atoms with van der Waals surface area (Å²) < 4.78 is 4.77. The van der Waals surface area contributed by atoms with Crippen LogP contribution >= 0.6 is 0 Å². The van der Waals surface area contributed by atoms with Gasteiger partial charge in [0.1, 0.15) is 0 Å². The summed E-state index contributed by atoms with van der Waals surface area (Å²) in [5.74, 6) is -1.13. The van der Waals surface area contributed by atoms with Crippen molar-refractivity contribution >= 4 is 23.5 Å². The van der Waals surface area contributed by atoms with Gasteiger partial charge in [0.05, 0.1) is 13.0 Å². The van der Waals surface area contributed by atoms with Crippen molar-refractivity contribution in [1.29, 1.82) is 0 Å². The van der Waals surface area contributed by atoms with Crippen LogP contribution in [0.3, 0.4) is 0 Å².